The predicted octanol–water partition coefficient (Wildman–Crippen LogP) is 0.933. The van der Waals surface area contributed by atoms with E-state index in [9.17, 15) is 9.59 Å². The van der Waals surface area contributed by atoms with Crippen LogP contribution in [0.25, 0.3) is 0 Å². The Morgan fingerprint density at radius 3 is 2.65 bits per heavy atom. The zero-order chi connectivity index (χ0) is 14.9. The lowest BCUT2D eigenvalue weighted by Gasteiger charge is -2.24. The zero-order valence-electron chi connectivity index (χ0n) is 11.9. The van der Waals surface area contributed by atoms with Crippen LogP contribution in [0.2, 0.25) is 0 Å². The van der Waals surface area contributed by atoms with Crippen LogP contribution in [0.3, 0.4) is 0 Å². The Bertz CT molecular complexity index is 671. The van der Waals surface area contributed by atoms with E-state index in [1.807, 2.05) is 20.8 Å². The first kappa shape index (κ1) is 14.4. The van der Waals surface area contributed by atoms with Crippen molar-refractivity contribution in [3.63, 3.8) is 0 Å². The maximum absolute atomic E-state index is 12.2. The number of likely N-dealkylation sites (N-methyl/N-ethyl adjacent to an activating group) is 1. The number of carbonyl (C=O) groups is 1. The molecule has 1 atom stereocenters. The number of H-pyrrole nitrogens is 2. The van der Waals surface area contributed by atoms with Gasteiger partial charge in [-0.25, -0.2) is 14.9 Å². The molecule has 2 aromatic rings. The van der Waals surface area contributed by atoms with Crippen LogP contribution in [-0.4, -0.2) is 38.0 Å². The molecular weight excluding hydrogens is 278 g/mol. The van der Waals surface area contributed by atoms with Crippen LogP contribution < -0.4 is 5.69 Å². The minimum atomic E-state index is -0.408. The summed E-state index contributed by atoms with van der Waals surface area (Å²) in [6.45, 7) is 5.89. The van der Waals surface area contributed by atoms with E-state index >= 15 is 0 Å². The number of thiazole rings is 1. The van der Waals surface area contributed by atoms with Crippen molar-refractivity contribution >= 4 is 17.2 Å². The number of nitrogens with one attached hydrogen (secondary N) is 2. The lowest BCUT2D eigenvalue weighted by Crippen LogP contribution is -2.31. The summed E-state index contributed by atoms with van der Waals surface area (Å²) in [5.74, 6) is 0.218. The molecule has 0 bridgehead atoms. The van der Waals surface area contributed by atoms with Crippen LogP contribution in [0.5, 0.6) is 0 Å². The van der Waals surface area contributed by atoms with E-state index in [1.165, 1.54) is 0 Å². The molecule has 0 unspecified atom stereocenters. The van der Waals surface area contributed by atoms with Gasteiger partial charge in [0.25, 0.3) is 0 Å². The first-order valence-corrected chi connectivity index (χ1v) is 7.03. The van der Waals surface area contributed by atoms with Gasteiger partial charge in [0, 0.05) is 11.9 Å². The molecule has 20 heavy (non-hydrogen) atoms. The summed E-state index contributed by atoms with van der Waals surface area (Å²) in [7, 11) is 1.73. The van der Waals surface area contributed by atoms with Crippen molar-refractivity contribution in [1.82, 2.24) is 25.1 Å². The van der Waals surface area contributed by atoms with Crippen LogP contribution in [0.4, 0.5) is 0 Å². The third-order valence-corrected chi connectivity index (χ3v) is 4.08. The first-order valence-electron chi connectivity index (χ1n) is 6.21. The molecule has 0 aromatic carbocycles. The number of aryl methyl sites for hydroxylation is 2. The Kier molecular flexibility index (Phi) is 4.03. The quantitative estimate of drug-likeness (QED) is 0.877. The summed E-state index contributed by atoms with van der Waals surface area (Å²) in [5.41, 5.74) is 0.508. The van der Waals surface area contributed by atoms with Gasteiger partial charge in [-0.15, -0.1) is 11.3 Å². The normalized spacial score (nSPS) is 12.4. The lowest BCUT2D eigenvalue weighted by molar-refractivity contribution is -0.131. The van der Waals surface area contributed by atoms with Gasteiger partial charge in [-0.05, 0) is 20.8 Å². The third kappa shape index (κ3) is 2.96. The van der Waals surface area contributed by atoms with Crippen molar-refractivity contribution < 1.29 is 4.79 Å². The summed E-state index contributed by atoms with van der Waals surface area (Å²) >= 11 is 1.62. The molecule has 2 N–H and O–H groups in total. The van der Waals surface area contributed by atoms with Gasteiger partial charge in [-0.3, -0.25) is 9.78 Å². The van der Waals surface area contributed by atoms with Gasteiger partial charge < -0.3 is 4.90 Å². The molecular formula is C12H17N5O2S. The molecule has 2 aromatic heterocycles. The number of aromatic nitrogens is 4. The van der Waals surface area contributed by atoms with Crippen molar-refractivity contribution in [3.05, 3.63) is 31.9 Å². The van der Waals surface area contributed by atoms with Crippen LogP contribution in [-0.2, 0) is 11.2 Å². The molecule has 0 aliphatic carbocycles. The zero-order valence-corrected chi connectivity index (χ0v) is 12.7. The Morgan fingerprint density at radius 1 is 1.45 bits per heavy atom. The molecule has 8 heteroatoms. The Morgan fingerprint density at radius 2 is 2.15 bits per heavy atom. The number of nitrogens with zero attached hydrogens (tertiary/aromatic N) is 3. The second kappa shape index (κ2) is 5.58. The van der Waals surface area contributed by atoms with Crippen LogP contribution in [0.1, 0.15) is 34.4 Å². The predicted molar refractivity (Wildman–Crippen MR) is 75.7 cm³/mol. The molecule has 0 saturated heterocycles. The highest BCUT2D eigenvalue weighted by Gasteiger charge is 2.22. The smallest absolute Gasteiger partial charge is 0.337 e. The van der Waals surface area contributed by atoms with Crippen molar-refractivity contribution in [2.24, 2.45) is 0 Å². The van der Waals surface area contributed by atoms with Gasteiger partial charge in [-0.1, -0.05) is 0 Å². The molecule has 0 aliphatic heterocycles. The lowest BCUT2D eigenvalue weighted by atomic mass is 10.2. The average Bonchev–Trinajstić information content (AvgIpc) is 2.93. The first-order chi connectivity index (χ1) is 9.38. The number of hydrogen-bond donors (Lipinski definition) is 2. The standard InChI is InChI=1S/C12H17N5O2S/c1-6(11-7(2)20-8(3)13-11)17(4)10(18)5-9-14-12(19)16-15-9/h6H,5H2,1-4H3,(H2,14,15,16,19)/t6-/m1/s1. The number of amides is 1. The van der Waals surface area contributed by atoms with Crippen LogP contribution in [0, 0.1) is 13.8 Å². The van der Waals surface area contributed by atoms with Gasteiger partial charge in [-0.2, -0.15) is 5.10 Å². The Hall–Kier alpha value is -1.96. The highest BCUT2D eigenvalue weighted by Crippen LogP contribution is 2.26. The van der Waals surface area contributed by atoms with Gasteiger partial charge in [0.05, 0.1) is 23.2 Å². The van der Waals surface area contributed by atoms with Crippen molar-refractivity contribution in [3.8, 4) is 0 Å². The highest BCUT2D eigenvalue weighted by atomic mass is 32.1. The second-order valence-electron chi connectivity index (χ2n) is 4.66. The summed E-state index contributed by atoms with van der Waals surface area (Å²) in [6.07, 6.45) is 0.0573. The van der Waals surface area contributed by atoms with Crippen LogP contribution in [0.15, 0.2) is 4.79 Å². The van der Waals surface area contributed by atoms with Crippen LogP contribution >= 0.6 is 11.3 Å². The van der Waals surface area contributed by atoms with Crippen molar-refractivity contribution in [1.29, 1.82) is 0 Å². The van der Waals surface area contributed by atoms with Gasteiger partial charge >= 0.3 is 5.69 Å². The fraction of sp³-hybridized carbons (Fsp3) is 0.500. The van der Waals surface area contributed by atoms with E-state index in [0.717, 1.165) is 15.6 Å². The fourth-order valence-electron chi connectivity index (χ4n) is 1.99. The maximum Gasteiger partial charge on any atom is 0.340 e. The number of carbonyl (C=O) groups excluding carboxylic acids is 1. The van der Waals surface area contributed by atoms with E-state index in [-0.39, 0.29) is 18.4 Å². The molecule has 7 nitrogen and oxygen atoms in total. The molecule has 0 fully saturated rings. The third-order valence-electron chi connectivity index (χ3n) is 3.18. The molecule has 0 aliphatic rings. The molecule has 0 saturated carbocycles. The largest absolute Gasteiger partial charge is 0.340 e. The van der Waals surface area contributed by atoms with E-state index in [0.29, 0.717) is 5.82 Å². The molecule has 2 heterocycles. The molecule has 2 rings (SSSR count). The number of aromatic amines is 2. The van der Waals surface area contributed by atoms with Crippen molar-refractivity contribution in [2.45, 2.75) is 33.2 Å². The second-order valence-corrected chi connectivity index (χ2v) is 6.06. The molecule has 108 valence electrons. The minimum absolute atomic E-state index is 0.0573. The number of rotatable bonds is 4. The molecule has 0 spiro atoms. The maximum atomic E-state index is 12.2. The summed E-state index contributed by atoms with van der Waals surface area (Å²) < 4.78 is 0. The van der Waals surface area contributed by atoms with E-state index in [1.54, 1.807) is 23.3 Å². The SMILES string of the molecule is Cc1nc([C@@H](C)N(C)C(=O)Cc2n[nH]c(=O)[nH]2)c(C)s1. The molecule has 0 radical (unpaired) electrons. The monoisotopic (exact) mass is 295 g/mol. The topological polar surface area (TPSA) is 94.7 Å². The Balaban J connectivity index is 2.10. The molecule has 1 amide bonds. The van der Waals surface area contributed by atoms with Gasteiger partial charge in [0.2, 0.25) is 5.91 Å². The van der Waals surface area contributed by atoms with Crippen molar-refractivity contribution in [2.75, 3.05) is 7.05 Å². The highest BCUT2D eigenvalue weighted by molar-refractivity contribution is 7.11. The average molecular weight is 295 g/mol. The van der Waals surface area contributed by atoms with Gasteiger partial charge in [0.15, 0.2) is 0 Å². The fourth-order valence-corrected chi connectivity index (χ4v) is 2.90. The van der Waals surface area contributed by atoms with E-state index < -0.39 is 5.69 Å². The van der Waals surface area contributed by atoms with E-state index in [4.69, 9.17) is 0 Å². The summed E-state index contributed by atoms with van der Waals surface area (Å²) in [4.78, 5) is 32.8. The number of hydrogen-bond acceptors (Lipinski definition) is 5. The minimum Gasteiger partial charge on any atom is -0.337 e. The summed E-state index contributed by atoms with van der Waals surface area (Å²) in [6, 6.07) is -0.113. The van der Waals surface area contributed by atoms with Gasteiger partial charge in [0.1, 0.15) is 5.82 Å². The summed E-state index contributed by atoms with van der Waals surface area (Å²) in [5, 5.41) is 6.97. The Labute approximate surface area is 120 Å². The van der Waals surface area contributed by atoms with E-state index in [2.05, 4.69) is 20.2 Å².